The minimum atomic E-state index is -2.09. The van der Waals surface area contributed by atoms with Crippen LogP contribution in [-0.2, 0) is 73.1 Å². The van der Waals surface area contributed by atoms with E-state index in [0.29, 0.717) is 33.6 Å². The van der Waals surface area contributed by atoms with Crippen LogP contribution in [0.2, 0.25) is 0 Å². The molecule has 0 N–H and O–H groups in total. The van der Waals surface area contributed by atoms with E-state index >= 15 is 0 Å². The molecule has 0 saturated heterocycles. The summed E-state index contributed by atoms with van der Waals surface area (Å²) in [7, 11) is 10.8. The van der Waals surface area contributed by atoms with E-state index in [1.54, 1.807) is 28.8 Å². The summed E-state index contributed by atoms with van der Waals surface area (Å²) in [6, 6.07) is 46.4. The highest BCUT2D eigenvalue weighted by molar-refractivity contribution is 5.69. The van der Waals surface area contributed by atoms with Crippen molar-refractivity contribution in [1.29, 1.82) is 0 Å². The summed E-state index contributed by atoms with van der Waals surface area (Å²) in [4.78, 5) is 0. The highest BCUT2D eigenvalue weighted by Gasteiger charge is 2.62. The van der Waals surface area contributed by atoms with Gasteiger partial charge in [-0.15, -0.1) is 0 Å². The van der Waals surface area contributed by atoms with Crippen LogP contribution in [0.1, 0.15) is 304 Å². The summed E-state index contributed by atoms with van der Waals surface area (Å²) in [6.07, 6.45) is 22.7. The standard InChI is InChI=1S/2C22H28N.3C21H28N/c2*1-14-7-8-16(15(2)11-14)20-12-17-18-9-10-22(5,21(18,3)4)19(17)13-23(20)6;1-14-8-9-16(15(2)10-14)19-11-17-18(12-22(19)7)21(5,6)13-20(17,3)4;1-14-7-8-17(16(3)11-14)20-12-18-15(2)9-10-21(4,5)19(18)13-22(20)6;1-15-9-7-8-10-16(15)19-13-17-18(14-22(19)6)21(4,5)12-11-20(17,2)3/h2*7-8,11-13,18H,9-10H2,1-6H3;8-12H,13H2,1-7H3;7-8,11-13,15H,9-10H2,1-6H3;7-10,13-14H,11-12H2,1-6H3/q5*+1/i1D3,18D;;;;. The molecule has 7 aliphatic rings. The van der Waals surface area contributed by atoms with Crippen molar-refractivity contribution >= 4 is 0 Å². The minimum absolute atomic E-state index is 0.0283. The summed E-state index contributed by atoms with van der Waals surface area (Å²) in [6.45, 7) is 55.6. The van der Waals surface area contributed by atoms with Crippen LogP contribution in [0.3, 0.4) is 0 Å². The van der Waals surface area contributed by atoms with E-state index in [4.69, 9.17) is 4.11 Å². The van der Waals surface area contributed by atoms with Gasteiger partial charge in [0.2, 0.25) is 28.5 Å². The molecule has 5 unspecified atom stereocenters. The number of benzene rings is 5. The summed E-state index contributed by atoms with van der Waals surface area (Å²) in [5.41, 5.74) is 40.3. The summed E-state index contributed by atoms with van der Waals surface area (Å²) >= 11 is 0. The van der Waals surface area contributed by atoms with Crippen LogP contribution < -0.4 is 22.8 Å². The van der Waals surface area contributed by atoms with Gasteiger partial charge in [-0.3, -0.25) is 0 Å². The normalized spacial score (nSPS) is 23.7. The van der Waals surface area contributed by atoms with E-state index < -0.39 is 12.7 Å². The lowest BCUT2D eigenvalue weighted by Gasteiger charge is -2.40. The van der Waals surface area contributed by atoms with Gasteiger partial charge in [-0.1, -0.05) is 207 Å². The van der Waals surface area contributed by atoms with Crippen LogP contribution in [0.15, 0.2) is 158 Å². The van der Waals surface area contributed by atoms with Gasteiger partial charge in [0.05, 0.1) is 0 Å². The van der Waals surface area contributed by atoms with Crippen molar-refractivity contribution < 1.29 is 28.3 Å². The van der Waals surface area contributed by atoms with Gasteiger partial charge in [0.1, 0.15) is 35.2 Å². The molecule has 0 amide bonds. The van der Waals surface area contributed by atoms with Gasteiger partial charge in [0, 0.05) is 102 Å². The molecule has 5 aromatic heterocycles. The molecule has 5 atom stereocenters. The van der Waals surface area contributed by atoms with Gasteiger partial charge in [-0.25, -0.2) is 22.8 Å². The Hall–Kier alpha value is -8.15. The monoisotopic (exact) mass is 1500 g/mol. The van der Waals surface area contributed by atoms with Crippen LogP contribution in [0.4, 0.5) is 0 Å². The van der Waals surface area contributed by atoms with E-state index in [0.717, 1.165) is 35.2 Å². The molecule has 0 radical (unpaired) electrons. The van der Waals surface area contributed by atoms with Gasteiger partial charge >= 0.3 is 0 Å². The highest BCUT2D eigenvalue weighted by atomic mass is 15.0. The zero-order valence-electron chi connectivity index (χ0n) is 78.8. The Kier molecular flexibility index (Phi) is 19.8. The maximum absolute atomic E-state index is 9.30. The van der Waals surface area contributed by atoms with Gasteiger partial charge in [0.15, 0.2) is 31.0 Å². The van der Waals surface area contributed by atoms with Crippen molar-refractivity contribution in [1.82, 2.24) is 0 Å². The Bertz CT molecular complexity index is 5550. The number of hydrogen-bond donors (Lipinski definition) is 0. The molecule has 0 spiro atoms. The third-order valence-electron chi connectivity index (χ3n) is 30.1. The zero-order valence-corrected chi connectivity index (χ0v) is 74.8. The van der Waals surface area contributed by atoms with E-state index in [-0.39, 0.29) is 32.5 Å². The van der Waals surface area contributed by atoms with Gasteiger partial charge in [-0.2, -0.15) is 0 Å². The maximum Gasteiger partial charge on any atom is 0.212 e. The summed E-state index contributed by atoms with van der Waals surface area (Å²) in [5, 5.41) is 0. The van der Waals surface area contributed by atoms with Gasteiger partial charge in [-0.05, 0) is 262 Å². The first-order valence-electron chi connectivity index (χ1n) is 44.3. The number of hydrogen-bond acceptors (Lipinski definition) is 0. The molecule has 2 fully saturated rings. The quantitative estimate of drug-likeness (QED) is 0.153. The largest absolute Gasteiger partial charge is 0.212 e. The molecule has 2 saturated carbocycles. The zero-order chi connectivity index (χ0) is 85.0. The number of pyridine rings is 5. The van der Waals surface area contributed by atoms with E-state index in [9.17, 15) is 1.37 Å². The minimum Gasteiger partial charge on any atom is -0.201 e. The molecule has 4 bridgehead atoms. The fourth-order valence-electron chi connectivity index (χ4n) is 22.2. The Balaban J connectivity index is 0.000000126. The Morgan fingerprint density at radius 1 is 0.312 bits per heavy atom. The van der Waals surface area contributed by atoms with E-state index in [1.165, 1.54) is 162 Å². The van der Waals surface area contributed by atoms with Crippen molar-refractivity contribution in [2.75, 3.05) is 0 Å². The van der Waals surface area contributed by atoms with Gasteiger partial charge < -0.3 is 0 Å². The Labute approximate surface area is 684 Å². The first kappa shape index (κ1) is 76.5. The van der Waals surface area contributed by atoms with Crippen molar-refractivity contribution in [3.63, 3.8) is 0 Å². The number of nitrogens with zero attached hydrogens (tertiary/aromatic N) is 5. The van der Waals surface area contributed by atoms with E-state index in [1.807, 2.05) is 20.0 Å². The third-order valence-corrected chi connectivity index (χ3v) is 30.1. The molecule has 5 aromatic carbocycles. The van der Waals surface area contributed by atoms with Crippen molar-refractivity contribution in [3.8, 4) is 56.3 Å². The molecule has 0 aliphatic heterocycles. The second-order valence-corrected chi connectivity index (χ2v) is 41.0. The molecule has 5 heteroatoms. The summed E-state index contributed by atoms with van der Waals surface area (Å²) < 4.78 is 43.6. The number of fused-ring (bicyclic) bond motifs is 13. The molecular formula is C107H140N5+5. The predicted octanol–water partition coefficient (Wildman–Crippen LogP) is 24.5. The molecule has 17 rings (SSSR count). The molecule has 7 aliphatic carbocycles. The smallest absolute Gasteiger partial charge is 0.201 e. The number of rotatable bonds is 5. The lowest BCUT2D eigenvalue weighted by Crippen LogP contribution is -2.40. The molecule has 10 aromatic rings. The van der Waals surface area contributed by atoms with Crippen molar-refractivity contribution in [3.05, 3.63) is 264 Å². The second kappa shape index (κ2) is 29.0. The molecule has 588 valence electrons. The third kappa shape index (κ3) is 14.2. The topological polar surface area (TPSA) is 19.4 Å². The first-order valence-corrected chi connectivity index (χ1v) is 42.3. The SMILES string of the molecule is Cc1ccc(-c2cc3c(c[n+]2C)C(C)(C)CC3(C)C)c(C)c1.Cc1ccc(-c2cc3c(c[n+]2C)C(C)(C)CCC3C)c(C)c1.Cc1ccc(-c2cc3c(c[n+]2C)C2(C)CCC3C2(C)C)c(C)c1.Cc1ccccc1-c1cc2c(c[n+]1C)C(C)(C)CCC2(C)C.[2H]C([2H])([2H])c1ccc(-c2cc3c(c[n+]2C)C2(C)CCC3([2H])C2(C)C)c(C)c1. The first-order chi connectivity index (χ1) is 53.7. The Morgan fingerprint density at radius 2 is 0.661 bits per heavy atom. The second-order valence-electron chi connectivity index (χ2n) is 41.0. The average Bonchev–Trinajstić information content (AvgIpc) is 1.52. The van der Waals surface area contributed by atoms with Crippen LogP contribution in [0.5, 0.6) is 0 Å². The molecule has 5 heterocycles. The molecule has 5 nitrogen and oxygen atoms in total. The fraction of sp³-hybridized carbons (Fsp3) is 0.486. The predicted molar refractivity (Wildman–Crippen MR) is 471 cm³/mol. The van der Waals surface area contributed by atoms with Crippen LogP contribution in [0.25, 0.3) is 56.3 Å². The van der Waals surface area contributed by atoms with Crippen LogP contribution >= 0.6 is 0 Å². The number of aryl methyl sites for hydroxylation is 14. The summed E-state index contributed by atoms with van der Waals surface area (Å²) in [5.74, 6) is 0.814. The Morgan fingerprint density at radius 3 is 1.13 bits per heavy atom. The van der Waals surface area contributed by atoms with E-state index in [2.05, 4.69) is 357 Å². The highest BCUT2D eigenvalue weighted by Crippen LogP contribution is 2.69. The van der Waals surface area contributed by atoms with Crippen molar-refractivity contribution in [2.45, 2.75) is 293 Å². The lowest BCUT2D eigenvalue weighted by molar-refractivity contribution is -0.661. The maximum atomic E-state index is 9.30. The lowest BCUT2D eigenvalue weighted by atomic mass is 9.63. The van der Waals surface area contributed by atoms with Crippen LogP contribution in [-0.4, -0.2) is 0 Å². The van der Waals surface area contributed by atoms with Crippen molar-refractivity contribution in [2.24, 2.45) is 46.1 Å². The van der Waals surface area contributed by atoms with Crippen LogP contribution in [0, 0.1) is 73.1 Å². The van der Waals surface area contributed by atoms with Gasteiger partial charge in [0.25, 0.3) is 0 Å². The molecule has 112 heavy (non-hydrogen) atoms. The fourth-order valence-corrected chi connectivity index (χ4v) is 22.2. The number of aromatic nitrogens is 5. The molecular weight excluding hydrogens is 1360 g/mol. The average molecular weight is 1500 g/mol.